The summed E-state index contributed by atoms with van der Waals surface area (Å²) in [6.07, 6.45) is 5.94. The first-order valence-corrected chi connectivity index (χ1v) is 10.3. The summed E-state index contributed by atoms with van der Waals surface area (Å²) in [4.78, 5) is 15.8. The van der Waals surface area contributed by atoms with E-state index in [0.717, 1.165) is 56.0 Å². The summed E-state index contributed by atoms with van der Waals surface area (Å²) in [7, 11) is 0. The maximum atomic E-state index is 13.3. The van der Waals surface area contributed by atoms with Crippen molar-refractivity contribution in [2.24, 2.45) is 0 Å². The van der Waals surface area contributed by atoms with E-state index in [-0.39, 0.29) is 11.7 Å². The topological polar surface area (TPSA) is 29.5 Å². The van der Waals surface area contributed by atoms with Gasteiger partial charge in [-0.15, -0.1) is 0 Å². The molecular weight excluding hydrogens is 334 g/mol. The second-order valence-electron chi connectivity index (χ2n) is 7.42. The van der Waals surface area contributed by atoms with Crippen molar-refractivity contribution in [1.82, 2.24) is 4.90 Å². The summed E-state index contributed by atoms with van der Waals surface area (Å²) in [5.41, 5.74) is 1.88. The number of likely N-dealkylation sites (tertiary alicyclic amines) is 1. The highest BCUT2D eigenvalue weighted by Crippen LogP contribution is 2.25. The number of piperidine rings is 1. The third-order valence-corrected chi connectivity index (χ3v) is 5.31. The third kappa shape index (κ3) is 5.67. The van der Waals surface area contributed by atoms with E-state index in [0.29, 0.717) is 0 Å². The van der Waals surface area contributed by atoms with Crippen molar-refractivity contribution >= 4 is 5.78 Å². The molecule has 144 valence electrons. The van der Waals surface area contributed by atoms with E-state index in [2.05, 4.69) is 24.0 Å². The van der Waals surface area contributed by atoms with Gasteiger partial charge in [0, 0.05) is 12.1 Å². The van der Waals surface area contributed by atoms with Crippen molar-refractivity contribution in [2.75, 3.05) is 26.2 Å². The molecule has 1 fully saturated rings. The average molecular weight is 366 g/mol. The van der Waals surface area contributed by atoms with Gasteiger partial charge in [0.2, 0.25) is 0 Å². The fraction of sp³-hybridized carbons (Fsp3) is 0.458. The standard InChI is InChI=1S/C24H31NO2/c1-2-3-18-27-22-14-12-21(13-15-22)24(26)23(20-10-6-4-7-11-20)19-25-16-8-5-9-17-25/h4,6-7,10-15,23H,2-3,5,8-9,16-19H2,1H3/t23-/m1/s1. The lowest BCUT2D eigenvalue weighted by Crippen LogP contribution is -2.35. The number of carbonyl (C=O) groups is 1. The first kappa shape index (κ1) is 19.6. The van der Waals surface area contributed by atoms with Gasteiger partial charge in [-0.1, -0.05) is 50.1 Å². The molecule has 1 atom stereocenters. The number of rotatable bonds is 9. The molecule has 0 radical (unpaired) electrons. The van der Waals surface area contributed by atoms with E-state index in [1.54, 1.807) is 0 Å². The van der Waals surface area contributed by atoms with Crippen LogP contribution in [0.5, 0.6) is 5.75 Å². The number of ether oxygens (including phenoxy) is 1. The maximum Gasteiger partial charge on any atom is 0.171 e. The summed E-state index contributed by atoms with van der Waals surface area (Å²) < 4.78 is 5.73. The SMILES string of the molecule is CCCCOc1ccc(C(=O)[C@H](CN2CCCCC2)c2ccccc2)cc1. The molecule has 1 saturated heterocycles. The van der Waals surface area contributed by atoms with Crippen LogP contribution in [0, 0.1) is 0 Å². The molecule has 1 heterocycles. The van der Waals surface area contributed by atoms with Gasteiger partial charge in [-0.25, -0.2) is 0 Å². The van der Waals surface area contributed by atoms with Crippen molar-refractivity contribution in [3.63, 3.8) is 0 Å². The van der Waals surface area contributed by atoms with Crippen LogP contribution in [0.4, 0.5) is 0 Å². The molecular formula is C24H31NO2. The highest BCUT2D eigenvalue weighted by atomic mass is 16.5. The van der Waals surface area contributed by atoms with Gasteiger partial charge >= 0.3 is 0 Å². The Morgan fingerprint density at radius 2 is 1.70 bits per heavy atom. The Bertz CT molecular complexity index is 690. The minimum atomic E-state index is -0.115. The minimum Gasteiger partial charge on any atom is -0.494 e. The summed E-state index contributed by atoms with van der Waals surface area (Å²) in [5, 5.41) is 0. The second-order valence-corrected chi connectivity index (χ2v) is 7.42. The maximum absolute atomic E-state index is 13.3. The monoisotopic (exact) mass is 365 g/mol. The predicted molar refractivity (Wildman–Crippen MR) is 111 cm³/mol. The molecule has 0 amide bonds. The van der Waals surface area contributed by atoms with Crippen LogP contribution >= 0.6 is 0 Å². The van der Waals surface area contributed by atoms with Gasteiger partial charge in [-0.3, -0.25) is 4.79 Å². The molecule has 0 unspecified atom stereocenters. The molecule has 0 N–H and O–H groups in total. The van der Waals surface area contributed by atoms with E-state index in [1.807, 2.05) is 42.5 Å². The van der Waals surface area contributed by atoms with E-state index in [1.165, 1.54) is 19.3 Å². The lowest BCUT2D eigenvalue weighted by atomic mass is 9.89. The van der Waals surface area contributed by atoms with Crippen molar-refractivity contribution < 1.29 is 9.53 Å². The fourth-order valence-electron chi connectivity index (χ4n) is 3.68. The smallest absolute Gasteiger partial charge is 0.171 e. The second kappa shape index (κ2) is 10.3. The van der Waals surface area contributed by atoms with Gasteiger partial charge in [0.15, 0.2) is 5.78 Å². The van der Waals surface area contributed by atoms with Crippen molar-refractivity contribution in [3.05, 3.63) is 65.7 Å². The quantitative estimate of drug-likeness (QED) is 0.445. The summed E-state index contributed by atoms with van der Waals surface area (Å²) in [6.45, 7) is 5.88. The third-order valence-electron chi connectivity index (χ3n) is 5.31. The zero-order valence-corrected chi connectivity index (χ0v) is 16.4. The van der Waals surface area contributed by atoms with Gasteiger partial charge < -0.3 is 9.64 Å². The number of hydrogen-bond acceptors (Lipinski definition) is 3. The first-order chi connectivity index (χ1) is 13.3. The summed E-state index contributed by atoms with van der Waals surface area (Å²) in [6, 6.07) is 17.9. The number of Topliss-reactive ketones (excluding diaryl/α,β-unsaturated/α-hetero) is 1. The van der Waals surface area contributed by atoms with Crippen LogP contribution in [-0.4, -0.2) is 36.9 Å². The van der Waals surface area contributed by atoms with Crippen molar-refractivity contribution in [1.29, 1.82) is 0 Å². The number of ketones is 1. The summed E-state index contributed by atoms with van der Waals surface area (Å²) in [5.74, 6) is 0.926. The van der Waals surface area contributed by atoms with Crippen LogP contribution in [0.15, 0.2) is 54.6 Å². The number of hydrogen-bond donors (Lipinski definition) is 0. The van der Waals surface area contributed by atoms with E-state index < -0.39 is 0 Å². The molecule has 0 aliphatic carbocycles. The first-order valence-electron chi connectivity index (χ1n) is 10.3. The number of unbranched alkanes of at least 4 members (excludes halogenated alkanes) is 1. The van der Waals surface area contributed by atoms with Gasteiger partial charge in [-0.05, 0) is 62.2 Å². The predicted octanol–water partition coefficient (Wildman–Crippen LogP) is 5.32. The van der Waals surface area contributed by atoms with Gasteiger partial charge in [0.25, 0.3) is 0 Å². The van der Waals surface area contributed by atoms with Crippen LogP contribution in [-0.2, 0) is 0 Å². The fourth-order valence-corrected chi connectivity index (χ4v) is 3.68. The molecule has 0 bridgehead atoms. The molecule has 0 aromatic heterocycles. The highest BCUT2D eigenvalue weighted by molar-refractivity contribution is 6.01. The largest absolute Gasteiger partial charge is 0.494 e. The Hall–Kier alpha value is -2.13. The van der Waals surface area contributed by atoms with Crippen LogP contribution in [0.3, 0.4) is 0 Å². The van der Waals surface area contributed by atoms with E-state index >= 15 is 0 Å². The van der Waals surface area contributed by atoms with Crippen LogP contribution < -0.4 is 4.74 Å². The average Bonchev–Trinajstić information content (AvgIpc) is 2.74. The Morgan fingerprint density at radius 1 is 1.00 bits per heavy atom. The Balaban J connectivity index is 1.73. The Kier molecular flexibility index (Phi) is 7.46. The number of benzene rings is 2. The van der Waals surface area contributed by atoms with Crippen molar-refractivity contribution in [2.45, 2.75) is 44.9 Å². The highest BCUT2D eigenvalue weighted by Gasteiger charge is 2.25. The lowest BCUT2D eigenvalue weighted by Gasteiger charge is -2.30. The van der Waals surface area contributed by atoms with E-state index in [4.69, 9.17) is 4.74 Å². The molecule has 2 aromatic rings. The Labute approximate surface area is 163 Å². The van der Waals surface area contributed by atoms with Crippen LogP contribution in [0.2, 0.25) is 0 Å². The molecule has 3 heteroatoms. The zero-order chi connectivity index (χ0) is 18.9. The van der Waals surface area contributed by atoms with Crippen molar-refractivity contribution in [3.8, 4) is 5.75 Å². The molecule has 3 rings (SSSR count). The van der Waals surface area contributed by atoms with Gasteiger partial charge in [0.1, 0.15) is 5.75 Å². The molecule has 2 aromatic carbocycles. The van der Waals surface area contributed by atoms with Gasteiger partial charge in [-0.2, -0.15) is 0 Å². The van der Waals surface area contributed by atoms with Crippen LogP contribution in [0.1, 0.15) is 60.9 Å². The zero-order valence-electron chi connectivity index (χ0n) is 16.4. The Morgan fingerprint density at radius 3 is 2.37 bits per heavy atom. The van der Waals surface area contributed by atoms with E-state index in [9.17, 15) is 4.79 Å². The molecule has 0 spiro atoms. The normalized spacial score (nSPS) is 16.0. The number of nitrogens with zero attached hydrogens (tertiary/aromatic N) is 1. The molecule has 27 heavy (non-hydrogen) atoms. The van der Waals surface area contributed by atoms with Crippen LogP contribution in [0.25, 0.3) is 0 Å². The summed E-state index contributed by atoms with van der Waals surface area (Å²) >= 11 is 0. The van der Waals surface area contributed by atoms with Gasteiger partial charge in [0.05, 0.1) is 12.5 Å². The molecule has 3 nitrogen and oxygen atoms in total. The minimum absolute atomic E-state index is 0.115. The molecule has 1 aliphatic heterocycles. The number of carbonyl (C=O) groups excluding carboxylic acids is 1. The molecule has 1 aliphatic rings. The lowest BCUT2D eigenvalue weighted by molar-refractivity contribution is 0.0925. The molecule has 0 saturated carbocycles.